The molecule has 5 atom stereocenters. The maximum atomic E-state index is 7.45. The largest absolute Gasteiger partial charge is 0.445 e. The molecule has 2 aromatic carbocycles. The van der Waals surface area contributed by atoms with E-state index in [0.717, 1.165) is 10.4 Å². The molecule has 280 valence electrons. The topological polar surface area (TPSA) is 135 Å². The predicted molar refractivity (Wildman–Crippen MR) is 190 cm³/mol. The smallest absolute Gasteiger partial charge is 0.262 e. The molecule has 0 aliphatic carbocycles. The van der Waals surface area contributed by atoms with Crippen molar-refractivity contribution < 1.29 is 51.2 Å². The van der Waals surface area contributed by atoms with Gasteiger partial charge in [-0.15, -0.1) is 0 Å². The second kappa shape index (κ2) is 20.1. The van der Waals surface area contributed by atoms with Gasteiger partial charge >= 0.3 is 0 Å². The van der Waals surface area contributed by atoms with E-state index < -0.39 is 38.8 Å². The molecule has 51 heavy (non-hydrogen) atoms. The first kappa shape index (κ1) is 40.5. The summed E-state index contributed by atoms with van der Waals surface area (Å²) in [6.07, 6.45) is 1.63. The van der Waals surface area contributed by atoms with Crippen LogP contribution < -0.4 is 10.4 Å². The van der Waals surface area contributed by atoms with Gasteiger partial charge in [-0.1, -0.05) is 81.4 Å². The average Bonchev–Trinajstić information content (AvgIpc) is 3.86. The normalized spacial score (nSPS) is 15.4. The summed E-state index contributed by atoms with van der Waals surface area (Å²) in [5, 5.41) is 1.84. The van der Waals surface area contributed by atoms with Gasteiger partial charge in [0.25, 0.3) is 8.32 Å². The molecule has 0 aliphatic rings. The Kier molecular flexibility index (Phi) is 15.9. The van der Waals surface area contributed by atoms with Crippen LogP contribution in [-0.4, -0.2) is 92.2 Å². The van der Waals surface area contributed by atoms with Gasteiger partial charge in [0.15, 0.2) is 18.3 Å². The molecule has 2 aromatic heterocycles. The minimum absolute atomic E-state index is 0.00450. The Balaban J connectivity index is 1.77. The van der Waals surface area contributed by atoms with Crippen molar-refractivity contribution in [1.82, 2.24) is 9.97 Å². The van der Waals surface area contributed by atoms with Crippen molar-refractivity contribution in [2.75, 3.05) is 55.6 Å². The fraction of sp³-hybridized carbons (Fsp3) is 0.514. The van der Waals surface area contributed by atoms with Crippen LogP contribution in [0.1, 0.15) is 63.7 Å². The molecule has 0 fully saturated rings. The van der Waals surface area contributed by atoms with Gasteiger partial charge in [-0.2, -0.15) is 0 Å². The third kappa shape index (κ3) is 10.4. The number of hydrogen-bond acceptors (Lipinski definition) is 13. The summed E-state index contributed by atoms with van der Waals surface area (Å²) in [6.45, 7) is 8.52. The van der Waals surface area contributed by atoms with Gasteiger partial charge in [0.1, 0.15) is 51.3 Å². The minimum atomic E-state index is -3.11. The number of aromatic nitrogens is 2. The van der Waals surface area contributed by atoms with E-state index in [1.807, 2.05) is 43.3 Å². The summed E-state index contributed by atoms with van der Waals surface area (Å²) in [5.74, 6) is 0.725. The first-order chi connectivity index (χ1) is 24.7. The number of ether oxygens (including phenoxy) is 8. The zero-order valence-electron chi connectivity index (χ0n) is 30.8. The maximum Gasteiger partial charge on any atom is 0.262 e. The molecule has 4 rings (SSSR count). The molecule has 0 saturated carbocycles. The fourth-order valence-electron chi connectivity index (χ4n) is 6.07. The molecule has 0 spiro atoms. The molecule has 13 nitrogen and oxygen atoms in total. The summed E-state index contributed by atoms with van der Waals surface area (Å²) in [7, 11) is 3.09. The van der Waals surface area contributed by atoms with Crippen molar-refractivity contribution in [1.29, 1.82) is 0 Å². The summed E-state index contributed by atoms with van der Waals surface area (Å²) in [6, 6.07) is 20.6. The molecular formula is C37H52N2O11Si. The standard InChI is InChI=1S/C37H52N2O11Si/c1-27(46-23-40-5)34(49-26-43-8)32(48-25-42-7)19-31(47-24-41-6)30-21-44-36(39-30)35(33-20-38-22-45-33)50-51(37(2,3)4,28-15-11-9-12-16-28)29-17-13-10-14-18-29/h9-18,20-22,27,31-32,34-35H,19,23-26H2,1-8H3/t27-,31+,32-,34+,35+/m1/s1. The highest BCUT2D eigenvalue weighted by Crippen LogP contribution is 2.42. The number of hydrogen-bond donors (Lipinski definition) is 0. The third-order valence-electron chi connectivity index (χ3n) is 8.40. The van der Waals surface area contributed by atoms with Crippen LogP contribution in [0.3, 0.4) is 0 Å². The van der Waals surface area contributed by atoms with E-state index in [0.29, 0.717) is 11.5 Å². The SMILES string of the molecule is COCO[C@@H]([C@@H](C)OCOC)[C@@H](C[C@H](OCOC)c1coc([C@@H](O[Si](c2ccccc2)(c2ccccc2)C(C)(C)C)c2cnco2)n1)OCOC. The predicted octanol–water partition coefficient (Wildman–Crippen LogP) is 5.37. The summed E-state index contributed by atoms with van der Waals surface area (Å²) < 4.78 is 64.8. The van der Waals surface area contributed by atoms with E-state index in [4.69, 9.17) is 56.1 Å². The molecule has 0 amide bonds. The molecular weight excluding hydrogens is 676 g/mol. The molecule has 14 heteroatoms. The maximum absolute atomic E-state index is 7.45. The summed E-state index contributed by atoms with van der Waals surface area (Å²) >= 11 is 0. The van der Waals surface area contributed by atoms with Crippen LogP contribution in [0.4, 0.5) is 0 Å². The van der Waals surface area contributed by atoms with Gasteiger partial charge < -0.3 is 51.2 Å². The quantitative estimate of drug-likeness (QED) is 0.0717. The van der Waals surface area contributed by atoms with Gasteiger partial charge in [-0.25, -0.2) is 9.97 Å². The second-order valence-electron chi connectivity index (χ2n) is 12.9. The van der Waals surface area contributed by atoms with Crippen molar-refractivity contribution >= 4 is 18.7 Å². The van der Waals surface area contributed by atoms with Gasteiger partial charge in [0.2, 0.25) is 5.89 Å². The Morgan fingerprint density at radius 1 is 0.725 bits per heavy atom. The highest BCUT2D eigenvalue weighted by Gasteiger charge is 2.53. The summed E-state index contributed by atoms with van der Waals surface area (Å²) in [5.41, 5.74) is 0.486. The molecule has 0 radical (unpaired) electrons. The first-order valence-electron chi connectivity index (χ1n) is 16.7. The van der Waals surface area contributed by atoms with E-state index in [2.05, 4.69) is 50.0 Å². The van der Waals surface area contributed by atoms with Crippen molar-refractivity contribution in [3.63, 3.8) is 0 Å². The Hall–Kier alpha value is -3.28. The number of benzene rings is 2. The lowest BCUT2D eigenvalue weighted by atomic mass is 10.0. The van der Waals surface area contributed by atoms with E-state index in [9.17, 15) is 0 Å². The van der Waals surface area contributed by atoms with Crippen LogP contribution in [0.15, 0.2) is 88.4 Å². The fourth-order valence-corrected chi connectivity index (χ4v) is 10.7. The lowest BCUT2D eigenvalue weighted by Gasteiger charge is -2.44. The van der Waals surface area contributed by atoms with Crippen molar-refractivity contribution in [2.45, 2.75) is 69.7 Å². The first-order valence-corrected chi connectivity index (χ1v) is 18.7. The average molecular weight is 729 g/mol. The van der Waals surface area contributed by atoms with Gasteiger partial charge in [-0.3, -0.25) is 0 Å². The number of oxazole rings is 2. The Bertz CT molecular complexity index is 1460. The van der Waals surface area contributed by atoms with E-state index in [1.165, 1.54) is 6.39 Å². The lowest BCUT2D eigenvalue weighted by Crippen LogP contribution is -2.67. The molecule has 0 N–H and O–H groups in total. The van der Waals surface area contributed by atoms with Crippen molar-refractivity contribution in [3.05, 3.63) is 96.9 Å². The highest BCUT2D eigenvalue weighted by molar-refractivity contribution is 6.99. The van der Waals surface area contributed by atoms with Crippen molar-refractivity contribution in [2.24, 2.45) is 0 Å². The Morgan fingerprint density at radius 2 is 1.29 bits per heavy atom. The molecule has 2 heterocycles. The minimum Gasteiger partial charge on any atom is -0.445 e. The van der Waals surface area contributed by atoms with E-state index in [1.54, 1.807) is 40.9 Å². The van der Waals surface area contributed by atoms with Gasteiger partial charge in [0, 0.05) is 34.9 Å². The molecule has 0 aliphatic heterocycles. The lowest BCUT2D eigenvalue weighted by molar-refractivity contribution is -0.212. The molecule has 4 aromatic rings. The summed E-state index contributed by atoms with van der Waals surface area (Å²) in [4.78, 5) is 9.20. The van der Waals surface area contributed by atoms with Crippen LogP contribution in [0, 0.1) is 0 Å². The van der Waals surface area contributed by atoms with E-state index >= 15 is 0 Å². The molecule has 0 saturated heterocycles. The molecule has 0 bridgehead atoms. The zero-order valence-corrected chi connectivity index (χ0v) is 31.8. The number of rotatable bonds is 23. The van der Waals surface area contributed by atoms with Crippen LogP contribution in [0.25, 0.3) is 0 Å². The van der Waals surface area contributed by atoms with Gasteiger partial charge in [0.05, 0.1) is 18.4 Å². The highest BCUT2D eigenvalue weighted by atomic mass is 28.4. The van der Waals surface area contributed by atoms with Gasteiger partial charge in [-0.05, 0) is 22.3 Å². The molecule has 0 unspecified atom stereocenters. The van der Waals surface area contributed by atoms with E-state index in [-0.39, 0.29) is 44.5 Å². The Labute approximate surface area is 301 Å². The number of methoxy groups -OCH3 is 4. The van der Waals surface area contributed by atoms with Crippen LogP contribution in [0.5, 0.6) is 0 Å². The van der Waals surface area contributed by atoms with Crippen LogP contribution >= 0.6 is 0 Å². The third-order valence-corrected chi connectivity index (χ3v) is 13.4. The van der Waals surface area contributed by atoms with Crippen molar-refractivity contribution in [3.8, 4) is 0 Å². The van der Waals surface area contributed by atoms with Crippen LogP contribution in [-0.2, 0) is 42.3 Å². The van der Waals surface area contributed by atoms with Crippen LogP contribution in [0.2, 0.25) is 5.04 Å². The second-order valence-corrected chi connectivity index (χ2v) is 17.2. The number of nitrogens with zero attached hydrogens (tertiary/aromatic N) is 2. The Morgan fingerprint density at radius 3 is 1.84 bits per heavy atom. The monoisotopic (exact) mass is 728 g/mol. The zero-order chi connectivity index (χ0) is 36.7.